The maximum absolute atomic E-state index is 11.1. The molecular weight excluding hydrogens is 180 g/mol. The van der Waals surface area contributed by atoms with Gasteiger partial charge >= 0.3 is 0 Å². The Bertz CT molecular complexity index is 218. The maximum Gasteiger partial charge on any atom is 0.217 e. The first-order valence-corrected chi connectivity index (χ1v) is 5.20. The van der Waals surface area contributed by atoms with Gasteiger partial charge in [-0.05, 0) is 7.05 Å². The van der Waals surface area contributed by atoms with Crippen molar-refractivity contribution in [2.24, 2.45) is 11.8 Å². The molecule has 0 aromatic heterocycles. The van der Waals surface area contributed by atoms with Crippen LogP contribution in [0.3, 0.4) is 0 Å². The number of fused-ring (bicyclic) bond motifs is 2. The fourth-order valence-corrected chi connectivity index (χ4v) is 2.64. The Kier molecular flexibility index (Phi) is 2.74. The molecule has 4 nitrogen and oxygen atoms in total. The first-order valence-electron chi connectivity index (χ1n) is 5.20. The summed E-state index contributed by atoms with van der Waals surface area (Å²) in [6, 6.07) is 0.331. The molecule has 2 heterocycles. The molecule has 1 amide bonds. The van der Waals surface area contributed by atoms with Crippen LogP contribution in [0.4, 0.5) is 0 Å². The van der Waals surface area contributed by atoms with E-state index < -0.39 is 0 Å². The Morgan fingerprint density at radius 2 is 1.93 bits per heavy atom. The fourth-order valence-electron chi connectivity index (χ4n) is 2.64. The van der Waals surface area contributed by atoms with Crippen LogP contribution in [0.5, 0.6) is 0 Å². The van der Waals surface area contributed by atoms with Crippen molar-refractivity contribution in [2.45, 2.75) is 13.0 Å². The number of piperidine rings is 1. The highest BCUT2D eigenvalue weighted by Crippen LogP contribution is 2.26. The van der Waals surface area contributed by atoms with E-state index in [0.717, 1.165) is 26.3 Å². The third kappa shape index (κ3) is 1.91. The van der Waals surface area contributed by atoms with Gasteiger partial charge in [-0.1, -0.05) is 0 Å². The van der Waals surface area contributed by atoms with Gasteiger partial charge in [-0.2, -0.15) is 0 Å². The molecule has 2 unspecified atom stereocenters. The number of hydrogen-bond donors (Lipinski definition) is 1. The van der Waals surface area contributed by atoms with Crippen LogP contribution in [0, 0.1) is 11.8 Å². The molecule has 0 radical (unpaired) electrons. The lowest BCUT2D eigenvalue weighted by Crippen LogP contribution is -2.60. The van der Waals surface area contributed by atoms with Gasteiger partial charge in [-0.3, -0.25) is 4.79 Å². The second kappa shape index (κ2) is 3.87. The Morgan fingerprint density at radius 1 is 1.36 bits per heavy atom. The van der Waals surface area contributed by atoms with Gasteiger partial charge in [0.25, 0.3) is 0 Å². The summed E-state index contributed by atoms with van der Waals surface area (Å²) in [5, 5.41) is 3.06. The fraction of sp³-hybridized carbons (Fsp3) is 0.900. The zero-order valence-electron chi connectivity index (χ0n) is 8.82. The van der Waals surface area contributed by atoms with Gasteiger partial charge in [0.15, 0.2) is 0 Å². The minimum atomic E-state index is 0.0800. The van der Waals surface area contributed by atoms with Crippen LogP contribution in [-0.2, 0) is 9.53 Å². The van der Waals surface area contributed by atoms with E-state index in [2.05, 4.69) is 17.3 Å². The lowest BCUT2D eigenvalue weighted by atomic mass is 9.82. The Morgan fingerprint density at radius 3 is 2.43 bits per heavy atom. The largest absolute Gasteiger partial charge is 0.381 e. The molecule has 2 aliphatic rings. The lowest BCUT2D eigenvalue weighted by Gasteiger charge is -2.46. The number of carbonyl (C=O) groups is 1. The van der Waals surface area contributed by atoms with Crippen molar-refractivity contribution < 1.29 is 9.53 Å². The number of likely N-dealkylation sites (tertiary alicyclic amines) is 1. The van der Waals surface area contributed by atoms with Crippen molar-refractivity contribution in [3.8, 4) is 0 Å². The van der Waals surface area contributed by atoms with Gasteiger partial charge in [0, 0.05) is 37.9 Å². The third-order valence-corrected chi connectivity index (χ3v) is 3.14. The van der Waals surface area contributed by atoms with E-state index in [0.29, 0.717) is 17.9 Å². The quantitative estimate of drug-likeness (QED) is 0.629. The third-order valence-electron chi connectivity index (χ3n) is 3.14. The molecule has 2 aliphatic heterocycles. The summed E-state index contributed by atoms with van der Waals surface area (Å²) in [6.07, 6.45) is 0. The van der Waals surface area contributed by atoms with Gasteiger partial charge in [-0.15, -0.1) is 0 Å². The van der Waals surface area contributed by atoms with Crippen molar-refractivity contribution in [3.63, 3.8) is 0 Å². The zero-order chi connectivity index (χ0) is 10.1. The summed E-state index contributed by atoms with van der Waals surface area (Å²) in [5.74, 6) is 1.02. The number of carbonyl (C=O) groups excluding carboxylic acids is 1. The molecule has 1 N–H and O–H groups in total. The standard InChI is InChI=1S/C10H18N2O2/c1-7(13)11-10-8-3-12(2)4-9(10)6-14-5-8/h8-10H,3-6H2,1-2H3,(H,11,13). The maximum atomic E-state index is 11.1. The normalized spacial score (nSPS) is 38.0. The molecule has 2 rings (SSSR count). The van der Waals surface area contributed by atoms with E-state index in [4.69, 9.17) is 4.74 Å². The first-order chi connectivity index (χ1) is 6.66. The van der Waals surface area contributed by atoms with Crippen molar-refractivity contribution in [2.75, 3.05) is 33.4 Å². The summed E-state index contributed by atoms with van der Waals surface area (Å²) >= 11 is 0. The van der Waals surface area contributed by atoms with Crippen molar-refractivity contribution in [1.29, 1.82) is 0 Å². The van der Waals surface area contributed by atoms with Crippen LogP contribution in [0.25, 0.3) is 0 Å². The molecule has 0 aromatic rings. The average Bonchev–Trinajstić information content (AvgIpc) is 2.05. The molecule has 2 atom stereocenters. The number of hydrogen-bond acceptors (Lipinski definition) is 3. The van der Waals surface area contributed by atoms with Crippen LogP contribution in [0.15, 0.2) is 0 Å². The lowest BCUT2D eigenvalue weighted by molar-refractivity contribution is -0.124. The minimum absolute atomic E-state index is 0.0800. The highest BCUT2D eigenvalue weighted by molar-refractivity contribution is 5.73. The summed E-state index contributed by atoms with van der Waals surface area (Å²) in [4.78, 5) is 13.4. The SMILES string of the molecule is CC(=O)NC1C2COCC1CN(C)C2. The van der Waals surface area contributed by atoms with Crippen molar-refractivity contribution >= 4 is 5.91 Å². The zero-order valence-corrected chi connectivity index (χ0v) is 8.82. The summed E-state index contributed by atoms with van der Waals surface area (Å²) < 4.78 is 5.52. The van der Waals surface area contributed by atoms with E-state index in [1.165, 1.54) is 0 Å². The summed E-state index contributed by atoms with van der Waals surface area (Å²) in [7, 11) is 2.13. The highest BCUT2D eigenvalue weighted by Gasteiger charge is 2.39. The van der Waals surface area contributed by atoms with Crippen LogP contribution in [-0.4, -0.2) is 50.2 Å². The number of ether oxygens (including phenoxy) is 1. The number of nitrogens with zero attached hydrogens (tertiary/aromatic N) is 1. The number of rotatable bonds is 1. The second-order valence-corrected chi connectivity index (χ2v) is 4.51. The molecule has 2 bridgehead atoms. The van der Waals surface area contributed by atoms with Crippen molar-refractivity contribution in [3.05, 3.63) is 0 Å². The predicted molar refractivity (Wildman–Crippen MR) is 52.9 cm³/mol. The summed E-state index contributed by atoms with van der Waals surface area (Å²) in [6.45, 7) is 5.22. The Labute approximate surface area is 84.6 Å². The average molecular weight is 198 g/mol. The minimum Gasteiger partial charge on any atom is -0.381 e. The molecule has 0 aromatic carbocycles. The van der Waals surface area contributed by atoms with Crippen LogP contribution in [0.2, 0.25) is 0 Å². The smallest absolute Gasteiger partial charge is 0.217 e. The monoisotopic (exact) mass is 198 g/mol. The van der Waals surface area contributed by atoms with Crippen LogP contribution in [0.1, 0.15) is 6.92 Å². The molecule has 0 spiro atoms. The molecule has 14 heavy (non-hydrogen) atoms. The Balaban J connectivity index is 2.04. The van der Waals surface area contributed by atoms with Crippen molar-refractivity contribution in [1.82, 2.24) is 10.2 Å². The van der Waals surface area contributed by atoms with Gasteiger partial charge in [0.05, 0.1) is 13.2 Å². The molecule has 0 saturated carbocycles. The van der Waals surface area contributed by atoms with Gasteiger partial charge in [-0.25, -0.2) is 0 Å². The second-order valence-electron chi connectivity index (χ2n) is 4.51. The van der Waals surface area contributed by atoms with Crippen LogP contribution < -0.4 is 5.32 Å². The van der Waals surface area contributed by atoms with Crippen LogP contribution >= 0.6 is 0 Å². The molecule has 0 aliphatic carbocycles. The van der Waals surface area contributed by atoms with E-state index in [9.17, 15) is 4.79 Å². The molecule has 4 heteroatoms. The molecule has 80 valence electrons. The number of amides is 1. The molecular formula is C10H18N2O2. The highest BCUT2D eigenvalue weighted by atomic mass is 16.5. The predicted octanol–water partition coefficient (Wildman–Crippen LogP) is -0.301. The van der Waals surface area contributed by atoms with E-state index in [-0.39, 0.29) is 5.91 Å². The van der Waals surface area contributed by atoms with E-state index >= 15 is 0 Å². The Hall–Kier alpha value is -0.610. The van der Waals surface area contributed by atoms with Gasteiger partial charge in [0.2, 0.25) is 5.91 Å². The van der Waals surface area contributed by atoms with E-state index in [1.807, 2.05) is 0 Å². The molecule has 2 fully saturated rings. The van der Waals surface area contributed by atoms with Gasteiger partial charge < -0.3 is 15.0 Å². The van der Waals surface area contributed by atoms with E-state index in [1.54, 1.807) is 6.92 Å². The topological polar surface area (TPSA) is 41.6 Å². The molecule has 2 saturated heterocycles. The summed E-state index contributed by atoms with van der Waals surface area (Å²) in [5.41, 5.74) is 0. The number of nitrogens with one attached hydrogen (secondary N) is 1. The first kappa shape index (κ1) is 9.93. The van der Waals surface area contributed by atoms with Gasteiger partial charge in [0.1, 0.15) is 0 Å².